The summed E-state index contributed by atoms with van der Waals surface area (Å²) in [5.41, 5.74) is 3.40. The lowest BCUT2D eigenvalue weighted by Crippen LogP contribution is -2.48. The van der Waals surface area contributed by atoms with Crippen molar-refractivity contribution in [3.05, 3.63) is 95.6 Å². The van der Waals surface area contributed by atoms with Crippen molar-refractivity contribution < 1.29 is 48.1 Å². The Morgan fingerprint density at radius 3 is 1.90 bits per heavy atom. The molecule has 0 aliphatic carbocycles. The number of unbranched alkanes of at least 4 members (excludes halogenated alkanes) is 3. The van der Waals surface area contributed by atoms with Crippen molar-refractivity contribution in [3.63, 3.8) is 0 Å². The predicted molar refractivity (Wildman–Crippen MR) is 237 cm³/mol. The number of hydrogen-bond donors (Lipinski definition) is 4. The van der Waals surface area contributed by atoms with Gasteiger partial charge in [0.25, 0.3) is 0 Å². The number of amides is 3. The fraction of sp³-hybridized carbons (Fsp3) is 0.490. The summed E-state index contributed by atoms with van der Waals surface area (Å²) in [4.78, 5) is 92.3. The molecule has 13 heteroatoms. The summed E-state index contributed by atoms with van der Waals surface area (Å²) in [7, 11) is 0. The molecule has 0 saturated heterocycles. The fourth-order valence-corrected chi connectivity index (χ4v) is 6.60. The van der Waals surface area contributed by atoms with Crippen LogP contribution in [0.25, 0.3) is 11.1 Å². The number of rotatable bonds is 26. The van der Waals surface area contributed by atoms with Gasteiger partial charge in [0.05, 0.1) is 12.0 Å². The summed E-state index contributed by atoms with van der Waals surface area (Å²) in [5, 5.41) is 17.5. The standard InChI is InChI=1S/C49H65N3O10/c1-7-9-12-18-41(47(58)59)52-45(56)33(3)29-43(54)40(27-28-44(55)61-32-35-16-13-11-14-17-35)51-46(57)39(31-50-48(60)62-49(4,5)6)30-42(53)38-25-23-37(24-26-38)36-21-19-34(20-22-36)15-10-8-2/h11,13-14,16-17,19-26,33,39-41H,7-10,12,15,18,27-32H2,1-6H3,(H,50,60)(H,51,57)(H,52,56)(H,58,59)/t33-,39+,40+,41+/m1/s1. The maximum Gasteiger partial charge on any atom is 0.407 e. The first-order valence-corrected chi connectivity index (χ1v) is 21.7. The third-order valence-electron chi connectivity index (χ3n) is 10.3. The number of carboxylic acids is 1. The van der Waals surface area contributed by atoms with Crippen molar-refractivity contribution in [2.24, 2.45) is 11.8 Å². The second kappa shape index (κ2) is 25.8. The largest absolute Gasteiger partial charge is 0.480 e. The molecule has 0 unspecified atom stereocenters. The molecule has 0 fully saturated rings. The van der Waals surface area contributed by atoms with Crippen LogP contribution in [-0.2, 0) is 46.5 Å². The van der Waals surface area contributed by atoms with Gasteiger partial charge in [0, 0.05) is 37.3 Å². The molecule has 3 amide bonds. The Kier molecular flexibility index (Phi) is 21.0. The molecule has 62 heavy (non-hydrogen) atoms. The number of aliphatic carboxylic acids is 1. The Labute approximate surface area is 366 Å². The molecule has 0 aliphatic rings. The van der Waals surface area contributed by atoms with Gasteiger partial charge in [0.1, 0.15) is 18.2 Å². The number of aryl methyl sites for hydroxylation is 1. The number of nitrogens with one attached hydrogen (secondary N) is 3. The van der Waals surface area contributed by atoms with E-state index in [0.717, 1.165) is 48.8 Å². The Morgan fingerprint density at radius 2 is 1.31 bits per heavy atom. The first-order chi connectivity index (χ1) is 29.5. The molecular weight excluding hydrogens is 791 g/mol. The second-order valence-electron chi connectivity index (χ2n) is 16.8. The van der Waals surface area contributed by atoms with Crippen LogP contribution in [0.2, 0.25) is 0 Å². The minimum Gasteiger partial charge on any atom is -0.480 e. The van der Waals surface area contributed by atoms with Crippen molar-refractivity contribution in [2.75, 3.05) is 6.54 Å². The molecular formula is C49H65N3O10. The van der Waals surface area contributed by atoms with Crippen LogP contribution in [0.4, 0.5) is 4.79 Å². The highest BCUT2D eigenvalue weighted by Gasteiger charge is 2.32. The molecule has 0 aromatic heterocycles. The average molecular weight is 856 g/mol. The zero-order valence-corrected chi connectivity index (χ0v) is 37.1. The molecule has 3 aromatic carbocycles. The molecule has 3 rings (SSSR count). The van der Waals surface area contributed by atoms with E-state index in [1.54, 1.807) is 57.2 Å². The van der Waals surface area contributed by atoms with Crippen LogP contribution in [0, 0.1) is 11.8 Å². The first kappa shape index (κ1) is 50.5. The van der Waals surface area contributed by atoms with Crippen LogP contribution in [0.3, 0.4) is 0 Å². The van der Waals surface area contributed by atoms with Gasteiger partial charge < -0.3 is 30.5 Å². The molecule has 0 heterocycles. The third-order valence-corrected chi connectivity index (χ3v) is 10.3. The second-order valence-corrected chi connectivity index (χ2v) is 16.8. The smallest absolute Gasteiger partial charge is 0.407 e. The molecule has 0 spiro atoms. The Morgan fingerprint density at radius 1 is 0.694 bits per heavy atom. The maximum absolute atomic E-state index is 14.1. The van der Waals surface area contributed by atoms with Gasteiger partial charge in [0.2, 0.25) is 11.8 Å². The minimum atomic E-state index is -1.30. The molecule has 3 aromatic rings. The lowest BCUT2D eigenvalue weighted by atomic mass is 9.93. The van der Waals surface area contributed by atoms with Crippen LogP contribution in [0.1, 0.15) is 127 Å². The molecule has 0 radical (unpaired) electrons. The van der Waals surface area contributed by atoms with Gasteiger partial charge in [-0.15, -0.1) is 0 Å². The Balaban J connectivity index is 1.82. The monoisotopic (exact) mass is 855 g/mol. The Bertz CT molecular complexity index is 1920. The summed E-state index contributed by atoms with van der Waals surface area (Å²) in [6.07, 6.45) is 3.71. The summed E-state index contributed by atoms with van der Waals surface area (Å²) in [6, 6.07) is 21.9. The number of carboxylic acid groups (broad SMARTS) is 1. The van der Waals surface area contributed by atoms with Gasteiger partial charge in [-0.1, -0.05) is 125 Å². The highest BCUT2D eigenvalue weighted by Crippen LogP contribution is 2.23. The predicted octanol–water partition coefficient (Wildman–Crippen LogP) is 8.16. The molecule has 4 atom stereocenters. The van der Waals surface area contributed by atoms with Crippen LogP contribution >= 0.6 is 0 Å². The number of Topliss-reactive ketones (excluding diaryl/α,β-unsaturated/α-hetero) is 2. The molecule has 4 N–H and O–H groups in total. The van der Waals surface area contributed by atoms with Gasteiger partial charge in [-0.25, -0.2) is 9.59 Å². The highest BCUT2D eigenvalue weighted by atomic mass is 16.6. The van der Waals surface area contributed by atoms with E-state index in [0.29, 0.717) is 12.0 Å². The lowest BCUT2D eigenvalue weighted by molar-refractivity contribution is -0.145. The summed E-state index contributed by atoms with van der Waals surface area (Å²) in [6.45, 7) is 10.3. The number of hydrogen-bond acceptors (Lipinski definition) is 9. The van der Waals surface area contributed by atoms with Crippen LogP contribution in [0.5, 0.6) is 0 Å². The maximum atomic E-state index is 14.1. The van der Waals surface area contributed by atoms with Gasteiger partial charge in [-0.2, -0.15) is 0 Å². The van der Waals surface area contributed by atoms with E-state index in [-0.39, 0.29) is 51.0 Å². The number of ether oxygens (including phenoxy) is 2. The molecule has 336 valence electrons. The van der Waals surface area contributed by atoms with Crippen molar-refractivity contribution in [2.45, 2.75) is 136 Å². The van der Waals surface area contributed by atoms with Crippen LogP contribution < -0.4 is 16.0 Å². The topological polar surface area (TPSA) is 194 Å². The minimum absolute atomic E-state index is 0.00230. The van der Waals surface area contributed by atoms with E-state index in [1.807, 2.05) is 37.3 Å². The van der Waals surface area contributed by atoms with E-state index in [9.17, 15) is 38.7 Å². The van der Waals surface area contributed by atoms with E-state index in [2.05, 4.69) is 35.0 Å². The van der Waals surface area contributed by atoms with Gasteiger partial charge >= 0.3 is 18.0 Å². The average Bonchev–Trinajstić information content (AvgIpc) is 3.24. The normalized spacial score (nSPS) is 13.1. The first-order valence-electron chi connectivity index (χ1n) is 21.7. The number of carbonyl (C=O) groups excluding carboxylic acids is 6. The number of alkyl carbamates (subject to hydrolysis) is 1. The summed E-state index contributed by atoms with van der Waals surface area (Å²) in [5.74, 6) is -6.33. The van der Waals surface area contributed by atoms with E-state index >= 15 is 0 Å². The number of benzene rings is 3. The molecule has 0 saturated carbocycles. The van der Waals surface area contributed by atoms with Gasteiger partial charge in [-0.05, 0) is 68.7 Å². The summed E-state index contributed by atoms with van der Waals surface area (Å²) < 4.78 is 10.8. The quantitative estimate of drug-likeness (QED) is 0.0348. The SMILES string of the molecule is CCCCC[C@H](NC(=O)[C@H](C)CC(=O)[C@H](CCC(=O)OCc1ccccc1)NC(=O)[C@H](CNC(=O)OC(C)(C)C)CC(=O)c1ccc(-c2ccc(CCCC)cc2)cc1)C(=O)O. The zero-order chi connectivity index (χ0) is 45.7. The van der Waals surface area contributed by atoms with Gasteiger partial charge in [-0.3, -0.25) is 24.0 Å². The number of carbonyl (C=O) groups is 7. The van der Waals surface area contributed by atoms with Crippen LogP contribution in [0.15, 0.2) is 78.9 Å². The van der Waals surface area contributed by atoms with Crippen LogP contribution in [-0.4, -0.2) is 70.7 Å². The highest BCUT2D eigenvalue weighted by molar-refractivity contribution is 6.00. The summed E-state index contributed by atoms with van der Waals surface area (Å²) >= 11 is 0. The van der Waals surface area contributed by atoms with E-state index in [4.69, 9.17) is 9.47 Å². The molecule has 0 bridgehead atoms. The third kappa shape index (κ3) is 18.4. The van der Waals surface area contributed by atoms with E-state index < -0.39 is 65.1 Å². The molecule has 13 nitrogen and oxygen atoms in total. The van der Waals surface area contributed by atoms with E-state index in [1.165, 1.54) is 12.5 Å². The molecule has 0 aliphatic heterocycles. The number of ketones is 2. The van der Waals surface area contributed by atoms with Crippen molar-refractivity contribution in [3.8, 4) is 11.1 Å². The Hall–Kier alpha value is -5.85. The van der Waals surface area contributed by atoms with Gasteiger partial charge in [0.15, 0.2) is 11.6 Å². The lowest BCUT2D eigenvalue weighted by Gasteiger charge is -2.24. The number of esters is 1. The fourth-order valence-electron chi connectivity index (χ4n) is 6.60. The van der Waals surface area contributed by atoms with Crippen molar-refractivity contribution >= 4 is 41.4 Å². The van der Waals surface area contributed by atoms with Crippen molar-refractivity contribution in [1.82, 2.24) is 16.0 Å². The zero-order valence-electron chi connectivity index (χ0n) is 37.1. The van der Waals surface area contributed by atoms with Crippen molar-refractivity contribution in [1.29, 1.82) is 0 Å².